The molecule has 0 aliphatic rings. The van der Waals surface area contributed by atoms with Crippen LogP contribution in [-0.2, 0) is 14.3 Å². The molecule has 0 aromatic heterocycles. The second kappa shape index (κ2) is 51.5. The second-order valence-electron chi connectivity index (χ2n) is 18.2. The lowest BCUT2D eigenvalue weighted by Gasteiger charge is -2.20. The SMILES string of the molecule is CCCCC/C=C\C/C=C\CCCCCCCC(=O)OCCCC/C=C\CCCCCCCC(=O)NC(CO)C(O)/C=C/CCCCCCCCCCCCCCCCCCC. The highest BCUT2D eigenvalue weighted by atomic mass is 16.5. The Morgan fingerprint density at radius 3 is 1.27 bits per heavy atom. The maximum atomic E-state index is 12.4. The fraction of sp³-hybridized carbons (Fsp3) is 0.821. The van der Waals surface area contributed by atoms with E-state index in [9.17, 15) is 19.8 Å². The molecule has 0 aromatic rings. The Kier molecular flexibility index (Phi) is 49.6. The van der Waals surface area contributed by atoms with Crippen molar-refractivity contribution in [3.63, 3.8) is 0 Å². The van der Waals surface area contributed by atoms with Gasteiger partial charge >= 0.3 is 5.97 Å². The van der Waals surface area contributed by atoms with Crippen LogP contribution in [0.3, 0.4) is 0 Å². The molecular formula is C56H103NO5. The van der Waals surface area contributed by atoms with Crippen molar-refractivity contribution < 1.29 is 24.5 Å². The van der Waals surface area contributed by atoms with E-state index in [4.69, 9.17) is 4.74 Å². The van der Waals surface area contributed by atoms with Crippen LogP contribution in [0.4, 0.5) is 0 Å². The molecule has 6 nitrogen and oxygen atoms in total. The van der Waals surface area contributed by atoms with E-state index in [1.807, 2.05) is 6.08 Å². The van der Waals surface area contributed by atoms with Gasteiger partial charge in [0.1, 0.15) is 0 Å². The number of nitrogens with one attached hydrogen (secondary N) is 1. The number of ether oxygens (including phenoxy) is 1. The fourth-order valence-corrected chi connectivity index (χ4v) is 7.89. The topological polar surface area (TPSA) is 95.9 Å². The summed E-state index contributed by atoms with van der Waals surface area (Å²) >= 11 is 0. The van der Waals surface area contributed by atoms with E-state index in [0.29, 0.717) is 19.4 Å². The molecule has 0 spiro atoms. The zero-order chi connectivity index (χ0) is 45.1. The van der Waals surface area contributed by atoms with Crippen LogP contribution in [0.2, 0.25) is 0 Å². The Labute approximate surface area is 385 Å². The zero-order valence-electron chi connectivity index (χ0n) is 41.1. The lowest BCUT2D eigenvalue weighted by molar-refractivity contribution is -0.143. The number of aliphatic hydroxyl groups excluding tert-OH is 2. The number of carbonyl (C=O) groups is 2. The highest BCUT2D eigenvalue weighted by Crippen LogP contribution is 2.15. The summed E-state index contributed by atoms with van der Waals surface area (Å²) in [6.07, 6.45) is 64.0. The lowest BCUT2D eigenvalue weighted by atomic mass is 10.0. The largest absolute Gasteiger partial charge is 0.466 e. The third-order valence-electron chi connectivity index (χ3n) is 12.1. The zero-order valence-corrected chi connectivity index (χ0v) is 41.1. The van der Waals surface area contributed by atoms with Crippen LogP contribution in [0.15, 0.2) is 48.6 Å². The van der Waals surface area contributed by atoms with Crippen molar-refractivity contribution in [2.24, 2.45) is 0 Å². The van der Waals surface area contributed by atoms with E-state index < -0.39 is 12.1 Å². The van der Waals surface area contributed by atoms with Gasteiger partial charge < -0.3 is 20.3 Å². The minimum Gasteiger partial charge on any atom is -0.466 e. The highest BCUT2D eigenvalue weighted by Gasteiger charge is 2.18. The number of rotatable bonds is 49. The molecular weight excluding hydrogens is 767 g/mol. The Morgan fingerprint density at radius 1 is 0.452 bits per heavy atom. The molecule has 362 valence electrons. The molecule has 0 aliphatic carbocycles. The van der Waals surface area contributed by atoms with E-state index in [2.05, 4.69) is 55.6 Å². The summed E-state index contributed by atoms with van der Waals surface area (Å²) in [5.41, 5.74) is 0. The number of carbonyl (C=O) groups excluding carboxylic acids is 2. The summed E-state index contributed by atoms with van der Waals surface area (Å²) in [5, 5.41) is 23.1. The minimum absolute atomic E-state index is 0.0475. The van der Waals surface area contributed by atoms with Gasteiger partial charge in [0.15, 0.2) is 0 Å². The van der Waals surface area contributed by atoms with Gasteiger partial charge in [-0.25, -0.2) is 0 Å². The van der Waals surface area contributed by atoms with E-state index in [1.165, 1.54) is 148 Å². The molecule has 0 heterocycles. The lowest BCUT2D eigenvalue weighted by Crippen LogP contribution is -2.45. The van der Waals surface area contributed by atoms with Crippen molar-refractivity contribution in [2.45, 2.75) is 283 Å². The van der Waals surface area contributed by atoms with Gasteiger partial charge in [-0.05, 0) is 89.9 Å². The van der Waals surface area contributed by atoms with Crippen molar-refractivity contribution in [1.82, 2.24) is 5.32 Å². The first-order valence-corrected chi connectivity index (χ1v) is 26.9. The van der Waals surface area contributed by atoms with Crippen molar-refractivity contribution in [2.75, 3.05) is 13.2 Å². The van der Waals surface area contributed by atoms with Crippen LogP contribution in [0.1, 0.15) is 271 Å². The molecule has 2 unspecified atom stereocenters. The summed E-state index contributed by atoms with van der Waals surface area (Å²) in [4.78, 5) is 24.5. The summed E-state index contributed by atoms with van der Waals surface area (Å²) in [5.74, 6) is -0.145. The van der Waals surface area contributed by atoms with E-state index in [1.54, 1.807) is 6.08 Å². The van der Waals surface area contributed by atoms with Crippen molar-refractivity contribution >= 4 is 11.9 Å². The fourth-order valence-electron chi connectivity index (χ4n) is 7.89. The molecule has 0 rings (SSSR count). The van der Waals surface area contributed by atoms with E-state index in [0.717, 1.165) is 96.3 Å². The predicted octanol–water partition coefficient (Wildman–Crippen LogP) is 16.2. The number of aliphatic hydroxyl groups is 2. The van der Waals surface area contributed by atoms with Crippen molar-refractivity contribution in [1.29, 1.82) is 0 Å². The van der Waals surface area contributed by atoms with Crippen LogP contribution in [0.5, 0.6) is 0 Å². The molecule has 0 bridgehead atoms. The van der Waals surface area contributed by atoms with Crippen LogP contribution in [0.25, 0.3) is 0 Å². The predicted molar refractivity (Wildman–Crippen MR) is 269 cm³/mol. The minimum atomic E-state index is -0.865. The maximum Gasteiger partial charge on any atom is 0.305 e. The molecule has 6 heteroatoms. The van der Waals surface area contributed by atoms with Gasteiger partial charge in [-0.15, -0.1) is 0 Å². The van der Waals surface area contributed by atoms with Gasteiger partial charge in [0.25, 0.3) is 0 Å². The van der Waals surface area contributed by atoms with Gasteiger partial charge in [0, 0.05) is 12.8 Å². The van der Waals surface area contributed by atoms with Crippen LogP contribution in [0, 0.1) is 0 Å². The van der Waals surface area contributed by atoms with Gasteiger partial charge in [0.05, 0.1) is 25.4 Å². The Hall–Kier alpha value is -2.18. The third-order valence-corrected chi connectivity index (χ3v) is 12.1. The highest BCUT2D eigenvalue weighted by molar-refractivity contribution is 5.76. The maximum absolute atomic E-state index is 12.4. The first kappa shape index (κ1) is 59.8. The Morgan fingerprint density at radius 2 is 0.806 bits per heavy atom. The monoisotopic (exact) mass is 870 g/mol. The van der Waals surface area contributed by atoms with Gasteiger partial charge in [-0.2, -0.15) is 0 Å². The number of esters is 1. The molecule has 0 fully saturated rings. The molecule has 2 atom stereocenters. The first-order chi connectivity index (χ1) is 30.5. The summed E-state index contributed by atoms with van der Waals surface area (Å²) in [7, 11) is 0. The summed E-state index contributed by atoms with van der Waals surface area (Å²) < 4.78 is 5.43. The second-order valence-corrected chi connectivity index (χ2v) is 18.2. The van der Waals surface area contributed by atoms with Crippen molar-refractivity contribution in [3.8, 4) is 0 Å². The normalized spacial score (nSPS) is 13.0. The summed E-state index contributed by atoms with van der Waals surface area (Å²) in [6, 6.07) is -0.651. The quantitative estimate of drug-likeness (QED) is 0.0322. The number of hydrogen-bond acceptors (Lipinski definition) is 5. The molecule has 1 amide bonds. The van der Waals surface area contributed by atoms with E-state index in [-0.39, 0.29) is 18.5 Å². The van der Waals surface area contributed by atoms with E-state index >= 15 is 0 Å². The number of allylic oxidation sites excluding steroid dienone is 7. The molecule has 0 radical (unpaired) electrons. The third kappa shape index (κ3) is 47.3. The number of amides is 1. The molecule has 62 heavy (non-hydrogen) atoms. The first-order valence-electron chi connectivity index (χ1n) is 26.9. The molecule has 0 aliphatic heterocycles. The van der Waals surface area contributed by atoms with Crippen molar-refractivity contribution in [3.05, 3.63) is 48.6 Å². The van der Waals surface area contributed by atoms with Gasteiger partial charge in [-0.1, -0.05) is 217 Å². The van der Waals surface area contributed by atoms with Gasteiger partial charge in [-0.3, -0.25) is 9.59 Å². The Balaban J connectivity index is 3.57. The number of unbranched alkanes of at least 4 members (excludes halogenated alkanes) is 32. The van der Waals surface area contributed by atoms with Gasteiger partial charge in [0.2, 0.25) is 5.91 Å². The van der Waals surface area contributed by atoms with Crippen LogP contribution in [-0.4, -0.2) is 47.4 Å². The summed E-state index contributed by atoms with van der Waals surface area (Å²) in [6.45, 7) is 4.79. The molecule has 0 aromatic carbocycles. The average molecular weight is 870 g/mol. The molecule has 0 saturated heterocycles. The number of hydrogen-bond donors (Lipinski definition) is 3. The Bertz CT molecular complexity index is 1050. The smallest absolute Gasteiger partial charge is 0.305 e. The standard InChI is InChI=1S/C56H103NO5/c1-3-5-7-9-11-13-15-17-19-20-21-22-24-25-28-32-36-40-44-48-54(59)53(52-58)57-55(60)49-45-41-37-33-29-27-31-35-39-43-47-51-62-56(61)50-46-42-38-34-30-26-23-18-16-14-12-10-8-6-4-2/h12,14,18,23,31,35,44,48,53-54,58-59H,3-11,13,15-17,19-22,24-30,32-34,36-43,45-47,49-52H2,1-2H3,(H,57,60)/b14-12-,23-18-,35-31-,48-44+. The average Bonchev–Trinajstić information content (AvgIpc) is 3.27. The molecule has 3 N–H and O–H groups in total. The van der Waals surface area contributed by atoms with Crippen LogP contribution >= 0.6 is 0 Å². The van der Waals surface area contributed by atoms with Crippen LogP contribution < -0.4 is 5.32 Å². The molecule has 0 saturated carbocycles.